The van der Waals surface area contributed by atoms with E-state index in [9.17, 15) is 49.0 Å². The van der Waals surface area contributed by atoms with Gasteiger partial charge in [-0.15, -0.1) is 0 Å². The SMILES string of the molecule is CS(Cc1cccc2ccccc12)(OC(=O)c1cc(Oc2c(F)c(F)c(F)c(F)c2F)c(Oc2c(F)c(F)c(F)c(F)c2F)c(Oc2c(F)c(F)c(F)c(F)c2F)c1-c1c(F)c(F)c(F)c(F)c1F)c1ccc(O)cc1. The largest absolute Gasteiger partial charge is 0.508 e. The van der Waals surface area contributed by atoms with E-state index in [2.05, 4.69) is 0 Å². The van der Waals surface area contributed by atoms with Gasteiger partial charge < -0.3 is 23.5 Å². The predicted octanol–water partition coefficient (Wildman–Crippen LogP) is 16.1. The molecule has 8 aromatic rings. The smallest absolute Gasteiger partial charge is 0.349 e. The highest BCUT2D eigenvalue weighted by Gasteiger charge is 2.41. The summed E-state index contributed by atoms with van der Waals surface area (Å²) in [6.07, 6.45) is 1.11. The van der Waals surface area contributed by atoms with Crippen molar-refractivity contribution >= 4 is 27.1 Å². The fourth-order valence-corrected chi connectivity index (χ4v) is 9.58. The molecule has 0 aliphatic carbocycles. The van der Waals surface area contributed by atoms with E-state index in [1.54, 1.807) is 24.3 Å². The molecule has 0 aliphatic heterocycles. The Bertz CT molecular complexity index is 3650. The lowest BCUT2D eigenvalue weighted by Gasteiger charge is -2.36. The predicted molar refractivity (Wildman–Crippen MR) is 224 cm³/mol. The van der Waals surface area contributed by atoms with Crippen molar-refractivity contribution in [3.8, 4) is 51.4 Å². The van der Waals surface area contributed by atoms with Crippen molar-refractivity contribution in [2.75, 3.05) is 6.26 Å². The molecule has 8 rings (SSSR count). The van der Waals surface area contributed by atoms with Gasteiger partial charge >= 0.3 is 5.97 Å². The van der Waals surface area contributed by atoms with Crippen LogP contribution < -0.4 is 14.2 Å². The number of aromatic hydroxyl groups is 1. The van der Waals surface area contributed by atoms with Crippen LogP contribution in [-0.2, 0) is 9.94 Å². The quantitative estimate of drug-likeness (QED) is 0.0746. The number of fused-ring (bicyclic) bond motifs is 1. The molecule has 1 unspecified atom stereocenters. The van der Waals surface area contributed by atoms with E-state index < -0.39 is 201 Å². The molecule has 396 valence electrons. The number of benzene rings is 8. The molecule has 0 heterocycles. The van der Waals surface area contributed by atoms with Gasteiger partial charge in [-0.1, -0.05) is 52.8 Å². The minimum atomic E-state index is -3.66. The Balaban J connectivity index is 1.57. The number of phenols is 1. The number of halogens is 20. The molecule has 0 spiro atoms. The summed E-state index contributed by atoms with van der Waals surface area (Å²) in [4.78, 5) is 15.0. The molecule has 6 nitrogen and oxygen atoms in total. The second-order valence-electron chi connectivity index (χ2n) is 15.6. The molecule has 0 aliphatic rings. The summed E-state index contributed by atoms with van der Waals surface area (Å²) in [5.41, 5.74) is -6.90. The van der Waals surface area contributed by atoms with E-state index in [0.717, 1.165) is 30.5 Å². The maximum absolute atomic E-state index is 16.4. The highest BCUT2D eigenvalue weighted by atomic mass is 32.3. The number of carbonyl (C=O) groups excluding carboxylic acids is 1. The molecular weight excluding hydrogens is 1100 g/mol. The third kappa shape index (κ3) is 8.99. The molecule has 8 aromatic carbocycles. The number of hydrogen-bond donors (Lipinski definition) is 1. The van der Waals surface area contributed by atoms with Crippen molar-refractivity contribution in [2.45, 2.75) is 10.6 Å². The Morgan fingerprint density at radius 3 is 1.26 bits per heavy atom. The molecule has 0 radical (unpaired) electrons. The third-order valence-corrected chi connectivity index (χ3v) is 13.6. The summed E-state index contributed by atoms with van der Waals surface area (Å²) in [6.45, 7) is 0. The molecule has 0 amide bonds. The highest BCUT2D eigenvalue weighted by Crippen LogP contribution is 2.60. The van der Waals surface area contributed by atoms with Crippen molar-refractivity contribution in [3.05, 3.63) is 200 Å². The Morgan fingerprint density at radius 1 is 0.421 bits per heavy atom. The summed E-state index contributed by atoms with van der Waals surface area (Å²) in [7, 11) is -3.66. The van der Waals surface area contributed by atoms with Crippen LogP contribution in [0.5, 0.6) is 40.2 Å². The highest BCUT2D eigenvalue weighted by molar-refractivity contribution is 8.29. The van der Waals surface area contributed by atoms with Gasteiger partial charge in [0.1, 0.15) is 5.75 Å². The molecule has 0 saturated heterocycles. The van der Waals surface area contributed by atoms with Crippen LogP contribution in [0.1, 0.15) is 15.9 Å². The fourth-order valence-electron chi connectivity index (χ4n) is 7.28. The van der Waals surface area contributed by atoms with Crippen LogP contribution in [0.3, 0.4) is 0 Å². The Morgan fingerprint density at radius 2 is 0.803 bits per heavy atom. The molecule has 0 saturated carbocycles. The van der Waals surface area contributed by atoms with E-state index in [4.69, 9.17) is 18.4 Å². The zero-order valence-corrected chi connectivity index (χ0v) is 37.4. The lowest BCUT2D eigenvalue weighted by molar-refractivity contribution is 0.0758. The summed E-state index contributed by atoms with van der Waals surface area (Å²) < 4.78 is 323. The lowest BCUT2D eigenvalue weighted by Crippen LogP contribution is -2.17. The van der Waals surface area contributed by atoms with Crippen LogP contribution in [-0.4, -0.2) is 17.3 Å². The van der Waals surface area contributed by atoms with Gasteiger partial charge in [-0.3, -0.25) is 0 Å². The first-order valence-electron chi connectivity index (χ1n) is 20.3. The van der Waals surface area contributed by atoms with Crippen LogP contribution >= 0.6 is 10.3 Å². The van der Waals surface area contributed by atoms with Crippen LogP contribution in [0.15, 0.2) is 77.7 Å². The number of rotatable bonds is 12. The van der Waals surface area contributed by atoms with Crippen molar-refractivity contribution in [2.24, 2.45) is 0 Å². The van der Waals surface area contributed by atoms with Gasteiger partial charge in [-0.25, -0.2) is 66.3 Å². The summed E-state index contributed by atoms with van der Waals surface area (Å²) in [5, 5.41) is 11.1. The van der Waals surface area contributed by atoms with E-state index >= 15 is 48.7 Å². The summed E-state index contributed by atoms with van der Waals surface area (Å²) >= 11 is 0. The second kappa shape index (κ2) is 20.1. The van der Waals surface area contributed by atoms with Crippen LogP contribution in [0, 0.1) is 116 Å². The zero-order valence-electron chi connectivity index (χ0n) is 36.6. The number of carbonyl (C=O) groups is 1. The van der Waals surface area contributed by atoms with Gasteiger partial charge in [0.2, 0.25) is 116 Å². The van der Waals surface area contributed by atoms with Crippen molar-refractivity contribution < 1.29 is 116 Å². The Labute approximate surface area is 411 Å². The number of ether oxygens (including phenoxy) is 3. The molecule has 1 atom stereocenters. The number of phenolic OH excluding ortho intramolecular Hbond substituents is 1. The van der Waals surface area contributed by atoms with E-state index in [0.29, 0.717) is 10.8 Å². The third-order valence-electron chi connectivity index (χ3n) is 10.9. The molecule has 27 heteroatoms. The first-order chi connectivity index (χ1) is 35.7. The maximum Gasteiger partial charge on any atom is 0.349 e. The van der Waals surface area contributed by atoms with Gasteiger partial charge in [0.25, 0.3) is 0 Å². The van der Waals surface area contributed by atoms with E-state index in [-0.39, 0.29) is 10.5 Å². The van der Waals surface area contributed by atoms with Gasteiger partial charge in [0, 0.05) is 28.5 Å². The van der Waals surface area contributed by atoms with Gasteiger partial charge in [0.05, 0.1) is 11.1 Å². The second-order valence-corrected chi connectivity index (χ2v) is 18.5. The van der Waals surface area contributed by atoms with Crippen LogP contribution in [0.25, 0.3) is 21.9 Å². The molecule has 76 heavy (non-hydrogen) atoms. The minimum Gasteiger partial charge on any atom is -0.508 e. The Hall–Kier alpha value is -8.36. The average Bonchev–Trinajstić information content (AvgIpc) is 3.40. The first-order valence-corrected chi connectivity index (χ1v) is 22.4. The molecule has 0 aromatic heterocycles. The van der Waals surface area contributed by atoms with Gasteiger partial charge in [-0.05, 0) is 40.6 Å². The van der Waals surface area contributed by atoms with E-state index in [1.165, 1.54) is 18.2 Å². The lowest BCUT2D eigenvalue weighted by atomic mass is 9.95. The molecular formula is C49H18F20O6S. The van der Waals surface area contributed by atoms with Crippen LogP contribution in [0.2, 0.25) is 0 Å². The minimum absolute atomic E-state index is 0.133. The molecule has 0 fully saturated rings. The monoisotopic (exact) mass is 1110 g/mol. The topological polar surface area (TPSA) is 74.2 Å². The zero-order chi connectivity index (χ0) is 55.7. The van der Waals surface area contributed by atoms with E-state index in [1.807, 2.05) is 0 Å². The normalized spacial score (nSPS) is 12.7. The molecule has 0 bridgehead atoms. The van der Waals surface area contributed by atoms with Gasteiger partial charge in [0.15, 0.2) is 34.8 Å². The van der Waals surface area contributed by atoms with Gasteiger partial charge in [-0.2, -0.15) is 26.3 Å². The fraction of sp³-hybridized carbons (Fsp3) is 0.0408. The summed E-state index contributed by atoms with van der Waals surface area (Å²) in [5.74, 6) is -80.8. The standard InChI is InChI=1S/C49H18F20O6S/c1-76(18-11-9-17(70)10-12-18,14-16-7-4-6-15-5-2-3-8-19(15)16)75-49(71)20-13-21(72-46-38(64)32(58)29(55)33(59)39(46)65)44(73-47-40(66)34(60)30(56)35(61)41(47)67)45(74-48-42(68)36(62)31(57)37(63)43(48)69)22(20)23-24(50)26(52)28(54)27(53)25(23)51/h2-13,70H,14H2,1H3. The van der Waals surface area contributed by atoms with Crippen molar-refractivity contribution in [3.63, 3.8) is 0 Å². The summed E-state index contributed by atoms with van der Waals surface area (Å²) in [6, 6.07) is 14.6. The molecule has 1 N–H and O–H groups in total. The Kier molecular flexibility index (Phi) is 14.2. The first kappa shape index (κ1) is 53.9. The van der Waals surface area contributed by atoms with Crippen molar-refractivity contribution in [1.82, 2.24) is 0 Å². The maximum atomic E-state index is 16.4. The van der Waals surface area contributed by atoms with Crippen LogP contribution in [0.4, 0.5) is 87.8 Å². The number of hydrogen-bond acceptors (Lipinski definition) is 6. The van der Waals surface area contributed by atoms with Crippen molar-refractivity contribution in [1.29, 1.82) is 0 Å². The average molecular weight is 1110 g/mol.